The summed E-state index contributed by atoms with van der Waals surface area (Å²) >= 11 is 0. The van der Waals surface area contributed by atoms with E-state index in [0.29, 0.717) is 0 Å². The molecule has 0 spiro atoms. The van der Waals surface area contributed by atoms with Crippen LogP contribution in [0.3, 0.4) is 0 Å². The maximum Gasteiger partial charge on any atom is 0.244 e. The zero-order chi connectivity index (χ0) is 27.6. The predicted octanol–water partition coefficient (Wildman–Crippen LogP) is -0.505. The standard InChI is InChI=1S/C25H40N4O7/c1-5-21(30)18(26)9-12-34-15-25(29-24(33)8-4,16-35-13-10-19(27)22(31)6-2)17-36-14-11-20(28)23(32)7-3/h5-8,18-20H,1-4,9-17,26-28H2,(H,29,33). The fraction of sp³-hybridized carbons (Fsp3) is 0.520. The van der Waals surface area contributed by atoms with Gasteiger partial charge in [-0.1, -0.05) is 26.3 Å². The third-order valence-electron chi connectivity index (χ3n) is 5.13. The molecule has 0 aliphatic carbocycles. The van der Waals surface area contributed by atoms with Crippen molar-refractivity contribution in [3.8, 4) is 0 Å². The number of carbonyl (C=O) groups excluding carboxylic acids is 4. The molecule has 1 amide bonds. The third kappa shape index (κ3) is 13.3. The van der Waals surface area contributed by atoms with E-state index in [1.807, 2.05) is 0 Å². The van der Waals surface area contributed by atoms with E-state index in [0.717, 1.165) is 24.3 Å². The second-order valence-electron chi connectivity index (χ2n) is 8.14. The molecule has 0 saturated heterocycles. The van der Waals surface area contributed by atoms with Gasteiger partial charge >= 0.3 is 0 Å². The molecule has 0 aliphatic heterocycles. The number of ketones is 3. The minimum atomic E-state index is -1.17. The molecule has 7 N–H and O–H groups in total. The first-order chi connectivity index (χ1) is 17.1. The Kier molecular flexibility index (Phi) is 17.0. The molecule has 0 aromatic heterocycles. The van der Waals surface area contributed by atoms with Gasteiger partial charge in [-0.15, -0.1) is 0 Å². The van der Waals surface area contributed by atoms with Crippen LogP contribution in [-0.4, -0.2) is 86.6 Å². The highest BCUT2D eigenvalue weighted by atomic mass is 16.5. The molecular formula is C25H40N4O7. The van der Waals surface area contributed by atoms with Crippen LogP contribution in [0.25, 0.3) is 0 Å². The first-order valence-electron chi connectivity index (χ1n) is 11.5. The summed E-state index contributed by atoms with van der Waals surface area (Å²) in [6.45, 7) is 13.8. The molecule has 3 atom stereocenters. The van der Waals surface area contributed by atoms with Crippen molar-refractivity contribution in [1.82, 2.24) is 5.32 Å². The number of nitrogens with two attached hydrogens (primary N) is 3. The Labute approximate surface area is 212 Å². The Bertz CT molecular complexity index is 701. The molecule has 0 rings (SSSR count). The molecule has 0 fully saturated rings. The van der Waals surface area contributed by atoms with Crippen LogP contribution in [0.2, 0.25) is 0 Å². The third-order valence-corrected chi connectivity index (χ3v) is 5.13. The number of rotatable bonds is 23. The van der Waals surface area contributed by atoms with Crippen molar-refractivity contribution in [2.45, 2.75) is 42.9 Å². The summed E-state index contributed by atoms with van der Waals surface area (Å²) in [7, 11) is 0. The largest absolute Gasteiger partial charge is 0.379 e. The number of hydrogen-bond acceptors (Lipinski definition) is 10. The van der Waals surface area contributed by atoms with Crippen LogP contribution in [0.4, 0.5) is 0 Å². The number of carbonyl (C=O) groups is 4. The molecule has 11 heteroatoms. The molecule has 0 aromatic carbocycles. The van der Waals surface area contributed by atoms with E-state index in [-0.39, 0.29) is 76.3 Å². The predicted molar refractivity (Wildman–Crippen MR) is 137 cm³/mol. The van der Waals surface area contributed by atoms with Gasteiger partial charge in [-0.05, 0) is 43.6 Å². The minimum absolute atomic E-state index is 0.0587. The fourth-order valence-electron chi connectivity index (χ4n) is 2.86. The number of hydrogen-bond donors (Lipinski definition) is 4. The Hall–Kier alpha value is -2.80. The van der Waals surface area contributed by atoms with Gasteiger partial charge in [-0.25, -0.2) is 0 Å². The van der Waals surface area contributed by atoms with Gasteiger partial charge in [0, 0.05) is 19.8 Å². The SMILES string of the molecule is C=CC(=O)NC(COCCC(N)C(=O)C=C)(COCCC(N)C(=O)C=C)COCCC(N)C(=O)C=C. The Balaban J connectivity index is 5.30. The Morgan fingerprint density at radius 1 is 0.639 bits per heavy atom. The van der Waals surface area contributed by atoms with Crippen molar-refractivity contribution in [2.75, 3.05) is 39.6 Å². The molecule has 3 unspecified atom stereocenters. The summed E-state index contributed by atoms with van der Waals surface area (Å²) in [4.78, 5) is 47.0. The average Bonchev–Trinajstić information content (AvgIpc) is 2.89. The smallest absolute Gasteiger partial charge is 0.244 e. The van der Waals surface area contributed by atoms with Gasteiger partial charge in [0.2, 0.25) is 5.91 Å². The van der Waals surface area contributed by atoms with Gasteiger partial charge in [-0.3, -0.25) is 19.2 Å². The van der Waals surface area contributed by atoms with Crippen LogP contribution in [0.5, 0.6) is 0 Å². The van der Waals surface area contributed by atoms with Crippen LogP contribution in [0, 0.1) is 0 Å². The average molecular weight is 509 g/mol. The molecule has 0 heterocycles. The lowest BCUT2D eigenvalue weighted by Crippen LogP contribution is -2.58. The summed E-state index contributed by atoms with van der Waals surface area (Å²) in [5.41, 5.74) is 16.2. The van der Waals surface area contributed by atoms with E-state index in [4.69, 9.17) is 31.4 Å². The maximum absolute atomic E-state index is 12.2. The van der Waals surface area contributed by atoms with Crippen LogP contribution in [0.1, 0.15) is 19.3 Å². The number of amides is 1. The summed E-state index contributed by atoms with van der Waals surface area (Å²) in [6.07, 6.45) is 5.21. The van der Waals surface area contributed by atoms with Crippen molar-refractivity contribution in [3.05, 3.63) is 50.6 Å². The van der Waals surface area contributed by atoms with Gasteiger partial charge in [0.05, 0.1) is 37.9 Å². The molecule has 202 valence electrons. The van der Waals surface area contributed by atoms with Crippen molar-refractivity contribution >= 4 is 23.3 Å². The highest BCUT2D eigenvalue weighted by molar-refractivity contribution is 5.94. The second kappa shape index (κ2) is 18.5. The van der Waals surface area contributed by atoms with E-state index < -0.39 is 29.6 Å². The zero-order valence-corrected chi connectivity index (χ0v) is 20.8. The van der Waals surface area contributed by atoms with Gasteiger partial charge in [0.25, 0.3) is 0 Å². The lowest BCUT2D eigenvalue weighted by Gasteiger charge is -2.34. The van der Waals surface area contributed by atoms with Crippen LogP contribution in [-0.2, 0) is 33.4 Å². The van der Waals surface area contributed by atoms with Crippen molar-refractivity contribution in [3.63, 3.8) is 0 Å². The van der Waals surface area contributed by atoms with E-state index >= 15 is 0 Å². The van der Waals surface area contributed by atoms with E-state index in [9.17, 15) is 19.2 Å². The molecule has 0 radical (unpaired) electrons. The van der Waals surface area contributed by atoms with Crippen molar-refractivity contribution in [1.29, 1.82) is 0 Å². The summed E-state index contributed by atoms with van der Waals surface area (Å²) in [5, 5.41) is 2.77. The summed E-state index contributed by atoms with van der Waals surface area (Å²) in [6, 6.07) is -2.29. The molecule has 0 saturated carbocycles. The Morgan fingerprint density at radius 3 is 1.19 bits per heavy atom. The van der Waals surface area contributed by atoms with Crippen LogP contribution < -0.4 is 22.5 Å². The first-order valence-corrected chi connectivity index (χ1v) is 11.5. The first kappa shape index (κ1) is 33.2. The van der Waals surface area contributed by atoms with Crippen molar-refractivity contribution in [2.24, 2.45) is 17.2 Å². The van der Waals surface area contributed by atoms with Crippen LogP contribution >= 0.6 is 0 Å². The highest BCUT2D eigenvalue weighted by Crippen LogP contribution is 2.11. The van der Waals surface area contributed by atoms with E-state index in [1.165, 1.54) is 0 Å². The quantitative estimate of drug-likeness (QED) is 0.103. The van der Waals surface area contributed by atoms with Crippen molar-refractivity contribution < 1.29 is 33.4 Å². The number of nitrogens with one attached hydrogen (secondary N) is 1. The van der Waals surface area contributed by atoms with Gasteiger partial charge in [0.15, 0.2) is 17.3 Å². The molecular weight excluding hydrogens is 468 g/mol. The maximum atomic E-state index is 12.2. The molecule has 11 nitrogen and oxygen atoms in total. The zero-order valence-electron chi connectivity index (χ0n) is 20.8. The Morgan fingerprint density at radius 2 is 0.944 bits per heavy atom. The topological polar surface area (TPSA) is 186 Å². The summed E-state index contributed by atoms with van der Waals surface area (Å²) in [5.74, 6) is -1.44. The molecule has 36 heavy (non-hydrogen) atoms. The monoisotopic (exact) mass is 508 g/mol. The van der Waals surface area contributed by atoms with Gasteiger partial charge < -0.3 is 36.7 Å². The summed E-state index contributed by atoms with van der Waals surface area (Å²) < 4.78 is 17.2. The highest BCUT2D eigenvalue weighted by Gasteiger charge is 2.33. The van der Waals surface area contributed by atoms with E-state index in [2.05, 4.69) is 31.6 Å². The van der Waals surface area contributed by atoms with Crippen LogP contribution in [0.15, 0.2) is 50.6 Å². The second-order valence-corrected chi connectivity index (χ2v) is 8.14. The van der Waals surface area contributed by atoms with Gasteiger partial charge in [0.1, 0.15) is 5.54 Å². The van der Waals surface area contributed by atoms with Gasteiger partial charge in [-0.2, -0.15) is 0 Å². The van der Waals surface area contributed by atoms with E-state index in [1.54, 1.807) is 0 Å². The fourth-order valence-corrected chi connectivity index (χ4v) is 2.86. The normalized spacial score (nSPS) is 15.0. The molecule has 0 bridgehead atoms. The lowest BCUT2D eigenvalue weighted by atomic mass is 10.0. The molecule has 0 aliphatic rings. The minimum Gasteiger partial charge on any atom is -0.379 e. The number of ether oxygens (including phenoxy) is 3. The lowest BCUT2D eigenvalue weighted by molar-refractivity contribution is -0.123. The molecule has 0 aromatic rings.